The van der Waals surface area contributed by atoms with Gasteiger partial charge in [0.1, 0.15) is 0 Å². The lowest BCUT2D eigenvalue weighted by atomic mass is 9.86. The smallest absolute Gasteiger partial charge is 0.303 e. The molecule has 0 radical (unpaired) electrons. The van der Waals surface area contributed by atoms with Crippen LogP contribution in [0.15, 0.2) is 35.2 Å². The van der Waals surface area contributed by atoms with Gasteiger partial charge in [-0.3, -0.25) is 19.7 Å². The van der Waals surface area contributed by atoms with E-state index >= 15 is 0 Å². The van der Waals surface area contributed by atoms with Crippen LogP contribution in [0.25, 0.3) is 12.2 Å². The second-order valence-electron chi connectivity index (χ2n) is 12.9. The van der Waals surface area contributed by atoms with Gasteiger partial charge in [-0.25, -0.2) is 0 Å². The quantitative estimate of drug-likeness (QED) is 0.0966. The van der Waals surface area contributed by atoms with Crippen molar-refractivity contribution in [3.8, 4) is 0 Å². The second kappa shape index (κ2) is 12.1. The number of aromatic amines is 1. The molecule has 0 aliphatic carbocycles. The lowest BCUT2D eigenvalue weighted by Gasteiger charge is -2.25. The Bertz CT molecular complexity index is 1530. The highest BCUT2D eigenvalue weighted by atomic mass is 32.1. The van der Waals surface area contributed by atoms with Gasteiger partial charge in [0.15, 0.2) is 5.60 Å². The standard InChI is InChI=1S/C33H44N4O7S/c1-7-32-18(5)24(37-33(32,43)44-32)12-22-15(2)20(8-10-28(38)39)25(34-22)14-26-21(9-11-29(40)41)16(3)23(35-26)13-27-30(19(6)45)17(4)31(42)36-27/h7,13-14,17-19,22,24,30,34-35,37,43,45H,1,8-12H2,2-6H3,(H,36,42)(H,38,39)(H,40,41)/b25-14+,27-13-/t17-,18?,19?,22?,24-,30+,32-,33-/m1/s1. The number of aliphatic carboxylic acids is 2. The summed E-state index contributed by atoms with van der Waals surface area (Å²) in [5.41, 5.74) is 5.81. The van der Waals surface area contributed by atoms with Crippen LogP contribution in [0.2, 0.25) is 0 Å². The van der Waals surface area contributed by atoms with Crippen LogP contribution in [0.1, 0.15) is 75.9 Å². The zero-order chi connectivity index (χ0) is 33.0. The third-order valence-electron chi connectivity index (χ3n) is 10.2. The van der Waals surface area contributed by atoms with Gasteiger partial charge in [0.25, 0.3) is 5.91 Å². The van der Waals surface area contributed by atoms with Crippen molar-refractivity contribution < 1.29 is 34.4 Å². The number of hydrogen-bond donors (Lipinski definition) is 8. The molecule has 7 N–H and O–H groups in total. The molecule has 12 heteroatoms. The molecule has 244 valence electrons. The van der Waals surface area contributed by atoms with Gasteiger partial charge in [-0.1, -0.05) is 33.4 Å². The van der Waals surface area contributed by atoms with Gasteiger partial charge in [0, 0.05) is 70.7 Å². The van der Waals surface area contributed by atoms with Crippen molar-refractivity contribution in [3.05, 3.63) is 57.7 Å². The molecule has 4 aliphatic heterocycles. The molecule has 1 aromatic rings. The van der Waals surface area contributed by atoms with E-state index in [4.69, 9.17) is 4.74 Å². The van der Waals surface area contributed by atoms with Crippen molar-refractivity contribution in [3.63, 3.8) is 0 Å². The summed E-state index contributed by atoms with van der Waals surface area (Å²) >= 11 is 4.63. The molecule has 11 nitrogen and oxygen atoms in total. The molecule has 8 atom stereocenters. The number of aliphatic hydroxyl groups is 1. The summed E-state index contributed by atoms with van der Waals surface area (Å²) in [6.45, 7) is 13.6. The first-order chi connectivity index (χ1) is 21.1. The van der Waals surface area contributed by atoms with E-state index in [1.165, 1.54) is 0 Å². The largest absolute Gasteiger partial charge is 0.481 e. The minimum absolute atomic E-state index is 0.0438. The molecular formula is C33H44N4O7S. The van der Waals surface area contributed by atoms with Crippen molar-refractivity contribution >= 4 is 42.6 Å². The Morgan fingerprint density at radius 1 is 1.11 bits per heavy atom. The number of hydrogen-bond acceptors (Lipinski definition) is 8. The van der Waals surface area contributed by atoms with Crippen LogP contribution >= 0.6 is 12.6 Å². The predicted molar refractivity (Wildman–Crippen MR) is 173 cm³/mol. The Kier molecular flexibility index (Phi) is 8.91. The number of carboxylic acids is 2. The number of ether oxygens (including phenoxy) is 1. The third kappa shape index (κ3) is 5.89. The number of carbonyl (C=O) groups excluding carboxylic acids is 1. The SMILES string of the molecule is C=C[C@]12O[C@@]1(O)N[C@H](CC1N/C(=C/c3[nH]c(/C=C4\NC(=O)[C@H](C)[C@H]4C(C)S)c(C)c3CCC(=O)O)C(CCC(=O)O)=C1C)C2C. The van der Waals surface area contributed by atoms with Gasteiger partial charge in [-0.2, -0.15) is 12.6 Å². The van der Waals surface area contributed by atoms with Crippen LogP contribution in [0, 0.1) is 24.7 Å². The van der Waals surface area contributed by atoms with Gasteiger partial charge < -0.3 is 35.7 Å². The first kappa shape index (κ1) is 33.1. The zero-order valence-corrected chi connectivity index (χ0v) is 27.3. The topological polar surface area (TPSA) is 176 Å². The van der Waals surface area contributed by atoms with Crippen molar-refractivity contribution in [1.82, 2.24) is 20.9 Å². The fourth-order valence-corrected chi connectivity index (χ4v) is 7.86. The molecule has 1 amide bonds. The summed E-state index contributed by atoms with van der Waals surface area (Å²) in [6.07, 6.45) is 6.62. The number of rotatable bonds is 12. The first-order valence-electron chi connectivity index (χ1n) is 15.5. The first-order valence-corrected chi connectivity index (χ1v) is 16.0. The van der Waals surface area contributed by atoms with Crippen LogP contribution < -0.4 is 16.0 Å². The predicted octanol–water partition coefficient (Wildman–Crippen LogP) is 3.47. The fraction of sp³-hybridized carbons (Fsp3) is 0.545. The van der Waals surface area contributed by atoms with Crippen molar-refractivity contribution in [2.45, 2.75) is 95.6 Å². The number of aromatic nitrogens is 1. The van der Waals surface area contributed by atoms with Gasteiger partial charge in [-0.15, -0.1) is 0 Å². The Balaban J connectivity index is 1.50. The summed E-state index contributed by atoms with van der Waals surface area (Å²) in [6, 6.07) is -0.214. The maximum absolute atomic E-state index is 12.5. The fourth-order valence-electron chi connectivity index (χ4n) is 7.44. The molecule has 5 heterocycles. The minimum atomic E-state index is -1.42. The third-order valence-corrected chi connectivity index (χ3v) is 10.5. The maximum Gasteiger partial charge on any atom is 0.303 e. The lowest BCUT2D eigenvalue weighted by Crippen LogP contribution is -2.41. The van der Waals surface area contributed by atoms with E-state index in [0.717, 1.165) is 45.1 Å². The highest BCUT2D eigenvalue weighted by Gasteiger charge is 2.77. The monoisotopic (exact) mass is 640 g/mol. The molecular weight excluding hydrogens is 596 g/mol. The van der Waals surface area contributed by atoms with Gasteiger partial charge in [0.05, 0.1) is 0 Å². The second-order valence-corrected chi connectivity index (χ2v) is 13.7. The number of nitrogens with one attached hydrogen (secondary N) is 4. The summed E-state index contributed by atoms with van der Waals surface area (Å²) in [5, 5.41) is 39.5. The number of amides is 1. The van der Waals surface area contributed by atoms with Gasteiger partial charge in [0.2, 0.25) is 5.91 Å². The van der Waals surface area contributed by atoms with Crippen LogP contribution in [0.3, 0.4) is 0 Å². The molecule has 4 aliphatic rings. The molecule has 3 fully saturated rings. The molecule has 0 saturated carbocycles. The number of carbonyl (C=O) groups is 3. The van der Waals surface area contributed by atoms with Crippen molar-refractivity contribution in [1.29, 1.82) is 0 Å². The molecule has 45 heavy (non-hydrogen) atoms. The molecule has 0 aromatic carbocycles. The van der Waals surface area contributed by atoms with Crippen molar-refractivity contribution in [2.75, 3.05) is 0 Å². The molecule has 3 saturated heterocycles. The maximum atomic E-state index is 12.5. The zero-order valence-electron chi connectivity index (χ0n) is 26.4. The number of epoxide rings is 1. The molecule has 1 aromatic heterocycles. The van der Waals surface area contributed by atoms with E-state index in [1.54, 1.807) is 6.08 Å². The minimum Gasteiger partial charge on any atom is -0.481 e. The Morgan fingerprint density at radius 2 is 1.78 bits per heavy atom. The normalized spacial score (nSPS) is 34.6. The van der Waals surface area contributed by atoms with E-state index in [1.807, 2.05) is 46.8 Å². The Labute approximate surface area is 268 Å². The number of carboxylic acid groups (broad SMARTS) is 2. The van der Waals surface area contributed by atoms with E-state index in [0.29, 0.717) is 12.8 Å². The average Bonchev–Trinajstić information content (AvgIpc) is 3.11. The number of fused-ring (bicyclic) bond motifs is 1. The number of H-pyrrole nitrogens is 1. The summed E-state index contributed by atoms with van der Waals surface area (Å²) < 4.78 is 5.58. The average molecular weight is 641 g/mol. The Morgan fingerprint density at radius 3 is 2.38 bits per heavy atom. The van der Waals surface area contributed by atoms with Gasteiger partial charge in [-0.05, 0) is 67.5 Å². The van der Waals surface area contributed by atoms with Crippen molar-refractivity contribution in [2.24, 2.45) is 17.8 Å². The van der Waals surface area contributed by atoms with E-state index in [-0.39, 0.29) is 60.3 Å². The molecule has 3 unspecified atom stereocenters. The summed E-state index contributed by atoms with van der Waals surface area (Å²) in [5.74, 6) is -3.66. The highest BCUT2D eigenvalue weighted by Crippen LogP contribution is 2.57. The number of allylic oxidation sites excluding steroid dienone is 2. The van der Waals surface area contributed by atoms with E-state index in [2.05, 4.69) is 40.1 Å². The number of thiol groups is 1. The summed E-state index contributed by atoms with van der Waals surface area (Å²) in [7, 11) is 0. The van der Waals surface area contributed by atoms with Crippen LogP contribution in [0.5, 0.6) is 0 Å². The van der Waals surface area contributed by atoms with Crippen LogP contribution in [-0.2, 0) is 25.5 Å². The van der Waals surface area contributed by atoms with Crippen LogP contribution in [0.4, 0.5) is 0 Å². The van der Waals surface area contributed by atoms with E-state index in [9.17, 15) is 29.7 Å². The van der Waals surface area contributed by atoms with Crippen LogP contribution in [-0.4, -0.2) is 67.0 Å². The lowest BCUT2D eigenvalue weighted by molar-refractivity contribution is -0.138. The highest BCUT2D eigenvalue weighted by molar-refractivity contribution is 7.80. The molecule has 0 spiro atoms. The Hall–Kier alpha value is -3.32. The van der Waals surface area contributed by atoms with E-state index < -0.39 is 23.5 Å². The molecule has 5 rings (SSSR count). The van der Waals surface area contributed by atoms with Gasteiger partial charge >= 0.3 is 11.9 Å². The molecule has 0 bridgehead atoms. The summed E-state index contributed by atoms with van der Waals surface area (Å²) in [4.78, 5) is 39.2.